The summed E-state index contributed by atoms with van der Waals surface area (Å²) in [6, 6.07) is 5.79. The molecule has 1 saturated heterocycles. The number of nitrogens with zero attached hydrogens (tertiary/aromatic N) is 3. The molecule has 0 aliphatic carbocycles. The monoisotopic (exact) mass is 537 g/mol. The summed E-state index contributed by atoms with van der Waals surface area (Å²) in [6.07, 6.45) is -2.15. The number of anilines is 2. The zero-order valence-electron chi connectivity index (χ0n) is 18.9. The molecule has 194 valence electrons. The van der Waals surface area contributed by atoms with Crippen molar-refractivity contribution in [1.82, 2.24) is 14.9 Å². The molecule has 3 aromatic rings. The van der Waals surface area contributed by atoms with Crippen LogP contribution in [0.3, 0.4) is 0 Å². The molecular weight excluding hydrogens is 518 g/mol. The van der Waals surface area contributed by atoms with Crippen LogP contribution in [0.4, 0.5) is 29.2 Å². The summed E-state index contributed by atoms with van der Waals surface area (Å²) in [6.45, 7) is -0.349. The van der Waals surface area contributed by atoms with Gasteiger partial charge in [0.1, 0.15) is 5.82 Å². The summed E-state index contributed by atoms with van der Waals surface area (Å²) in [5, 5.41) is 2.21. The number of carbonyl (C=O) groups excluding carboxylic acids is 2. The van der Waals surface area contributed by atoms with Crippen LogP contribution in [0.5, 0.6) is 0 Å². The predicted molar refractivity (Wildman–Crippen MR) is 126 cm³/mol. The second kappa shape index (κ2) is 9.76. The van der Waals surface area contributed by atoms with Crippen molar-refractivity contribution in [1.29, 1.82) is 0 Å². The maximum atomic E-state index is 14.5. The number of sulfone groups is 1. The molecule has 2 amide bonds. The van der Waals surface area contributed by atoms with Gasteiger partial charge >= 0.3 is 6.18 Å². The highest BCUT2D eigenvalue weighted by Crippen LogP contribution is 2.33. The van der Waals surface area contributed by atoms with Crippen LogP contribution >= 0.6 is 0 Å². The Hall–Kier alpha value is -4.07. The van der Waals surface area contributed by atoms with Gasteiger partial charge in [0.25, 0.3) is 11.8 Å². The number of hydrogen-bond donors (Lipinski definition) is 2. The molecule has 1 aliphatic heterocycles. The van der Waals surface area contributed by atoms with Crippen molar-refractivity contribution in [2.45, 2.75) is 6.18 Å². The van der Waals surface area contributed by atoms with E-state index in [4.69, 9.17) is 5.73 Å². The lowest BCUT2D eigenvalue weighted by Gasteiger charge is -2.27. The third-order valence-electron chi connectivity index (χ3n) is 5.61. The van der Waals surface area contributed by atoms with Crippen molar-refractivity contribution in [3.63, 3.8) is 0 Å². The van der Waals surface area contributed by atoms with Crippen molar-refractivity contribution in [2.75, 3.05) is 35.6 Å². The number of rotatable bonds is 4. The maximum Gasteiger partial charge on any atom is 0.416 e. The molecule has 2 aromatic carbocycles. The number of aromatic nitrogens is 2. The summed E-state index contributed by atoms with van der Waals surface area (Å²) < 4.78 is 78.4. The van der Waals surface area contributed by atoms with Gasteiger partial charge in [0, 0.05) is 42.3 Å². The molecule has 0 unspecified atom stereocenters. The number of nitrogen functional groups attached to an aromatic ring is 1. The summed E-state index contributed by atoms with van der Waals surface area (Å²) in [4.78, 5) is 34.5. The number of carbonyl (C=O) groups is 2. The molecule has 1 aromatic heterocycles. The van der Waals surface area contributed by atoms with E-state index < -0.39 is 56.0 Å². The third-order valence-corrected chi connectivity index (χ3v) is 7.22. The highest BCUT2D eigenvalue weighted by molar-refractivity contribution is 7.91. The van der Waals surface area contributed by atoms with E-state index in [-0.39, 0.29) is 30.5 Å². The molecule has 4 rings (SSSR count). The molecule has 0 bridgehead atoms. The number of nitrogens with one attached hydrogen (secondary N) is 1. The van der Waals surface area contributed by atoms with Gasteiger partial charge in [-0.25, -0.2) is 22.8 Å². The van der Waals surface area contributed by atoms with Crippen molar-refractivity contribution in [3.8, 4) is 11.1 Å². The van der Waals surface area contributed by atoms with Gasteiger partial charge in [-0.1, -0.05) is 6.07 Å². The molecule has 0 radical (unpaired) electrons. The molecule has 14 heteroatoms. The average Bonchev–Trinajstić information content (AvgIpc) is 2.83. The molecular formula is C23H19F4N5O4S. The fourth-order valence-corrected chi connectivity index (χ4v) is 4.85. The van der Waals surface area contributed by atoms with E-state index in [1.54, 1.807) is 0 Å². The first-order valence-corrected chi connectivity index (χ1v) is 12.6. The molecule has 2 heterocycles. The van der Waals surface area contributed by atoms with Gasteiger partial charge in [-0.15, -0.1) is 0 Å². The molecule has 0 spiro atoms. The van der Waals surface area contributed by atoms with Crippen LogP contribution in [-0.4, -0.2) is 59.7 Å². The second-order valence-electron chi connectivity index (χ2n) is 8.22. The molecule has 1 fully saturated rings. The van der Waals surface area contributed by atoms with E-state index in [9.17, 15) is 35.6 Å². The first-order valence-electron chi connectivity index (χ1n) is 10.7. The first-order chi connectivity index (χ1) is 17.3. The largest absolute Gasteiger partial charge is 0.416 e. The van der Waals surface area contributed by atoms with Gasteiger partial charge in [-0.05, 0) is 35.9 Å². The number of benzene rings is 2. The molecule has 37 heavy (non-hydrogen) atoms. The Morgan fingerprint density at radius 1 is 0.973 bits per heavy atom. The van der Waals surface area contributed by atoms with Crippen LogP contribution < -0.4 is 11.1 Å². The average molecular weight is 537 g/mol. The van der Waals surface area contributed by atoms with Gasteiger partial charge in [0.05, 0.1) is 22.6 Å². The van der Waals surface area contributed by atoms with Gasteiger partial charge in [-0.3, -0.25) is 9.59 Å². The molecule has 1 aliphatic rings. The molecule has 0 atom stereocenters. The smallest absolute Gasteiger partial charge is 0.368 e. The lowest BCUT2D eigenvalue weighted by molar-refractivity contribution is -0.137. The molecule has 9 nitrogen and oxygen atoms in total. The minimum atomic E-state index is -4.86. The number of halogens is 4. The SMILES string of the molecule is Nc1ncc(-c2ccc(F)c(C(=O)Nc3cc(C(=O)N4CCS(=O)(=O)CC4)cc(C(F)(F)F)c3)c2)cn1. The van der Waals surface area contributed by atoms with E-state index in [1.807, 2.05) is 0 Å². The Bertz CT molecular complexity index is 1460. The van der Waals surface area contributed by atoms with Crippen LogP contribution in [0.1, 0.15) is 26.3 Å². The number of alkyl halides is 3. The Kier molecular flexibility index (Phi) is 6.86. The van der Waals surface area contributed by atoms with Crippen LogP contribution in [-0.2, 0) is 16.0 Å². The predicted octanol–water partition coefficient (Wildman–Crippen LogP) is 3.01. The number of amides is 2. The Labute approximate surface area is 208 Å². The fraction of sp³-hybridized carbons (Fsp3) is 0.217. The zero-order chi connectivity index (χ0) is 27.0. The van der Waals surface area contributed by atoms with Crippen LogP contribution in [0.15, 0.2) is 48.8 Å². The van der Waals surface area contributed by atoms with Crippen LogP contribution in [0.2, 0.25) is 0 Å². The zero-order valence-corrected chi connectivity index (χ0v) is 19.7. The van der Waals surface area contributed by atoms with E-state index >= 15 is 0 Å². The normalized spacial score (nSPS) is 15.3. The maximum absolute atomic E-state index is 14.5. The van der Waals surface area contributed by atoms with Gasteiger partial charge in [-0.2, -0.15) is 13.2 Å². The summed E-state index contributed by atoms with van der Waals surface area (Å²) in [5.74, 6) is -3.43. The standard InChI is InChI=1S/C23H19F4N5O4S/c24-19-2-1-13(15-11-29-22(28)30-12-15)9-18(19)20(33)31-17-8-14(7-16(10-17)23(25,26)27)21(34)32-3-5-37(35,36)6-4-32/h1-2,7-12H,3-6H2,(H,31,33)(H2,28,29,30). The van der Waals surface area contributed by atoms with Gasteiger partial charge < -0.3 is 16.0 Å². The quantitative estimate of drug-likeness (QED) is 0.489. The van der Waals surface area contributed by atoms with E-state index in [0.29, 0.717) is 23.3 Å². The summed E-state index contributed by atoms with van der Waals surface area (Å²) in [7, 11) is -3.33. The summed E-state index contributed by atoms with van der Waals surface area (Å²) >= 11 is 0. The lowest BCUT2D eigenvalue weighted by atomic mass is 10.0. The van der Waals surface area contributed by atoms with Crippen LogP contribution in [0, 0.1) is 5.82 Å². The highest BCUT2D eigenvalue weighted by atomic mass is 32.2. The topological polar surface area (TPSA) is 135 Å². The Morgan fingerprint density at radius 2 is 1.62 bits per heavy atom. The van der Waals surface area contributed by atoms with E-state index in [0.717, 1.165) is 17.0 Å². The first kappa shape index (κ1) is 26.0. The highest BCUT2D eigenvalue weighted by Gasteiger charge is 2.33. The summed E-state index contributed by atoms with van der Waals surface area (Å²) in [5.41, 5.74) is 3.73. The lowest BCUT2D eigenvalue weighted by Crippen LogP contribution is -2.43. The fourth-order valence-electron chi connectivity index (χ4n) is 3.65. The number of hydrogen-bond acceptors (Lipinski definition) is 7. The molecule has 0 saturated carbocycles. The third kappa shape index (κ3) is 6.02. The van der Waals surface area contributed by atoms with Crippen molar-refractivity contribution < 1.29 is 35.6 Å². The van der Waals surface area contributed by atoms with E-state index in [2.05, 4.69) is 15.3 Å². The van der Waals surface area contributed by atoms with Crippen LogP contribution in [0.25, 0.3) is 11.1 Å². The number of nitrogens with two attached hydrogens (primary N) is 1. The van der Waals surface area contributed by atoms with Gasteiger partial charge in [0.15, 0.2) is 9.84 Å². The van der Waals surface area contributed by atoms with Crippen molar-refractivity contribution in [3.05, 3.63) is 71.3 Å². The Balaban J connectivity index is 1.64. The molecule has 3 N–H and O–H groups in total. The Morgan fingerprint density at radius 3 is 2.24 bits per heavy atom. The van der Waals surface area contributed by atoms with Gasteiger partial charge in [0.2, 0.25) is 5.95 Å². The minimum Gasteiger partial charge on any atom is -0.368 e. The van der Waals surface area contributed by atoms with Crippen molar-refractivity contribution in [2.24, 2.45) is 0 Å². The second-order valence-corrected chi connectivity index (χ2v) is 10.5. The minimum absolute atomic E-state index is 0.00454. The van der Waals surface area contributed by atoms with Crippen molar-refractivity contribution >= 4 is 33.3 Å². The van der Waals surface area contributed by atoms with E-state index in [1.165, 1.54) is 24.5 Å².